The largest absolute Gasteiger partial charge is 0.384 e. The minimum atomic E-state index is 0.0852. The van der Waals surface area contributed by atoms with Gasteiger partial charge in [-0.05, 0) is 12.1 Å². The molecule has 3 N–H and O–H groups in total. The summed E-state index contributed by atoms with van der Waals surface area (Å²) in [5.74, 6) is 0.0921. The smallest absolute Gasteiger partial charge is 0.122 e. The second-order valence-electron chi connectivity index (χ2n) is 6.20. The van der Waals surface area contributed by atoms with Gasteiger partial charge in [0.1, 0.15) is 10.8 Å². The normalized spacial score (nSPS) is 11.4. The third-order valence-electron chi connectivity index (χ3n) is 3.29. The van der Waals surface area contributed by atoms with E-state index in [2.05, 4.69) is 31.1 Å². The summed E-state index contributed by atoms with van der Waals surface area (Å²) in [5.41, 5.74) is 8.54. The maximum atomic E-state index is 7.52. The Labute approximate surface area is 130 Å². The van der Waals surface area contributed by atoms with E-state index in [1.165, 1.54) is 0 Å². The van der Waals surface area contributed by atoms with Crippen LogP contribution in [0.15, 0.2) is 29.6 Å². The van der Waals surface area contributed by atoms with Crippen molar-refractivity contribution >= 4 is 22.9 Å². The van der Waals surface area contributed by atoms with Crippen LogP contribution in [0.4, 0.5) is 5.69 Å². The quantitative estimate of drug-likeness (QED) is 0.672. The third kappa shape index (κ3) is 3.82. The summed E-state index contributed by atoms with van der Waals surface area (Å²) in [6.45, 7) is 7.27. The number of nitrogens with two attached hydrogens (primary N) is 1. The van der Waals surface area contributed by atoms with E-state index >= 15 is 0 Å². The Morgan fingerprint density at radius 2 is 2.10 bits per heavy atom. The molecule has 21 heavy (non-hydrogen) atoms. The van der Waals surface area contributed by atoms with E-state index in [0.717, 1.165) is 28.5 Å². The summed E-state index contributed by atoms with van der Waals surface area (Å²) in [5, 5.41) is 10.7. The summed E-state index contributed by atoms with van der Waals surface area (Å²) in [6.07, 6.45) is 0. The molecule has 1 heterocycles. The van der Waals surface area contributed by atoms with Gasteiger partial charge >= 0.3 is 0 Å². The molecule has 0 saturated heterocycles. The number of hydrogen-bond acceptors (Lipinski definition) is 4. The molecule has 0 atom stereocenters. The van der Waals surface area contributed by atoms with Crippen LogP contribution in [-0.4, -0.2) is 17.9 Å². The molecule has 0 radical (unpaired) electrons. The number of rotatable bonds is 4. The highest BCUT2D eigenvalue weighted by Gasteiger charge is 2.17. The first kappa shape index (κ1) is 15.5. The minimum Gasteiger partial charge on any atom is -0.384 e. The van der Waals surface area contributed by atoms with Crippen LogP contribution in [-0.2, 0) is 12.0 Å². The molecule has 1 aromatic carbocycles. The zero-order valence-corrected chi connectivity index (χ0v) is 13.8. The molecule has 0 spiro atoms. The maximum Gasteiger partial charge on any atom is 0.122 e. The summed E-state index contributed by atoms with van der Waals surface area (Å²) in [4.78, 5) is 6.84. The Bertz CT molecular complexity index is 640. The van der Waals surface area contributed by atoms with Crippen LogP contribution < -0.4 is 10.6 Å². The summed E-state index contributed by atoms with van der Waals surface area (Å²) in [7, 11) is 2.03. The van der Waals surface area contributed by atoms with E-state index < -0.39 is 0 Å². The molecule has 1 aromatic heterocycles. The number of thiazole rings is 1. The second-order valence-corrected chi connectivity index (χ2v) is 7.14. The number of benzene rings is 1. The van der Waals surface area contributed by atoms with Crippen LogP contribution in [0.3, 0.4) is 0 Å². The fourth-order valence-electron chi connectivity index (χ4n) is 1.93. The van der Waals surface area contributed by atoms with E-state index in [0.29, 0.717) is 0 Å². The molecule has 0 aliphatic heterocycles. The number of nitrogens with zero attached hydrogens (tertiary/aromatic N) is 2. The van der Waals surface area contributed by atoms with Crippen molar-refractivity contribution in [3.63, 3.8) is 0 Å². The van der Waals surface area contributed by atoms with Crippen LogP contribution in [0.1, 0.15) is 37.0 Å². The molecule has 2 aromatic rings. The van der Waals surface area contributed by atoms with Crippen molar-refractivity contribution in [1.82, 2.24) is 4.98 Å². The number of anilines is 1. The summed E-state index contributed by atoms with van der Waals surface area (Å²) >= 11 is 1.69. The van der Waals surface area contributed by atoms with Crippen LogP contribution in [0.25, 0.3) is 0 Å². The van der Waals surface area contributed by atoms with Crippen molar-refractivity contribution in [1.29, 1.82) is 5.41 Å². The maximum absolute atomic E-state index is 7.52. The lowest BCUT2D eigenvalue weighted by Gasteiger charge is -2.19. The first-order valence-electron chi connectivity index (χ1n) is 6.88. The van der Waals surface area contributed by atoms with Gasteiger partial charge in [-0.3, -0.25) is 5.41 Å². The number of nitrogens with one attached hydrogen (secondary N) is 1. The van der Waals surface area contributed by atoms with E-state index in [-0.39, 0.29) is 11.3 Å². The summed E-state index contributed by atoms with van der Waals surface area (Å²) in [6, 6.07) is 7.72. The van der Waals surface area contributed by atoms with Gasteiger partial charge < -0.3 is 10.6 Å². The first-order chi connectivity index (χ1) is 9.77. The molecular weight excluding hydrogens is 280 g/mol. The zero-order chi connectivity index (χ0) is 15.6. The van der Waals surface area contributed by atoms with Gasteiger partial charge in [-0.2, -0.15) is 0 Å². The predicted molar refractivity (Wildman–Crippen MR) is 90.4 cm³/mol. The average Bonchev–Trinajstić information content (AvgIpc) is 2.87. The van der Waals surface area contributed by atoms with Crippen LogP contribution >= 0.6 is 11.3 Å². The van der Waals surface area contributed by atoms with Gasteiger partial charge in [0.2, 0.25) is 0 Å². The fourth-order valence-corrected chi connectivity index (χ4v) is 3.01. The van der Waals surface area contributed by atoms with Gasteiger partial charge in [0.15, 0.2) is 0 Å². The molecule has 2 rings (SSSR count). The lowest BCUT2D eigenvalue weighted by Crippen LogP contribution is -2.18. The standard InChI is InChI=1S/C16H22N4S/c1-16(2,3)13-10-21-14(19-13)9-20(4)12-7-5-6-11(8-12)15(17)18/h5-8,10H,9H2,1-4H3,(H3,17,18). The van der Waals surface area contributed by atoms with Gasteiger partial charge in [0, 0.05) is 29.1 Å². The van der Waals surface area contributed by atoms with Crippen molar-refractivity contribution < 1.29 is 0 Å². The Balaban J connectivity index is 2.14. The van der Waals surface area contributed by atoms with E-state index in [9.17, 15) is 0 Å². The highest BCUT2D eigenvalue weighted by atomic mass is 32.1. The Morgan fingerprint density at radius 3 is 2.67 bits per heavy atom. The first-order valence-corrected chi connectivity index (χ1v) is 7.76. The van der Waals surface area contributed by atoms with Gasteiger partial charge in [0.25, 0.3) is 0 Å². The van der Waals surface area contributed by atoms with E-state index in [4.69, 9.17) is 16.1 Å². The van der Waals surface area contributed by atoms with Crippen LogP contribution in [0.5, 0.6) is 0 Å². The van der Waals surface area contributed by atoms with Gasteiger partial charge in [0.05, 0.1) is 12.2 Å². The minimum absolute atomic E-state index is 0.0852. The van der Waals surface area contributed by atoms with Crippen LogP contribution in [0, 0.1) is 5.41 Å². The topological polar surface area (TPSA) is 66.0 Å². The van der Waals surface area contributed by atoms with Gasteiger partial charge in [-0.25, -0.2) is 4.98 Å². The van der Waals surface area contributed by atoms with Crippen LogP contribution in [0.2, 0.25) is 0 Å². The Morgan fingerprint density at radius 1 is 1.38 bits per heavy atom. The Kier molecular flexibility index (Phi) is 4.32. The van der Waals surface area contributed by atoms with Gasteiger partial charge in [-0.15, -0.1) is 11.3 Å². The Hall–Kier alpha value is -1.88. The molecular formula is C16H22N4S. The highest BCUT2D eigenvalue weighted by Crippen LogP contribution is 2.25. The molecule has 5 heteroatoms. The molecule has 0 aliphatic rings. The summed E-state index contributed by atoms with van der Waals surface area (Å²) < 4.78 is 0. The average molecular weight is 302 g/mol. The molecule has 0 fully saturated rings. The van der Waals surface area contributed by atoms with E-state index in [1.807, 2.05) is 31.3 Å². The lowest BCUT2D eigenvalue weighted by molar-refractivity contribution is 0.570. The molecule has 112 valence electrons. The number of aromatic nitrogens is 1. The van der Waals surface area contributed by atoms with E-state index in [1.54, 1.807) is 11.3 Å². The monoisotopic (exact) mass is 302 g/mol. The zero-order valence-electron chi connectivity index (χ0n) is 13.0. The highest BCUT2D eigenvalue weighted by molar-refractivity contribution is 7.09. The molecule has 4 nitrogen and oxygen atoms in total. The van der Waals surface area contributed by atoms with Crippen molar-refractivity contribution in [2.75, 3.05) is 11.9 Å². The van der Waals surface area contributed by atoms with Crippen molar-refractivity contribution in [3.8, 4) is 0 Å². The molecule has 0 saturated carbocycles. The molecule has 0 aliphatic carbocycles. The van der Waals surface area contributed by atoms with Crippen molar-refractivity contribution in [2.24, 2.45) is 5.73 Å². The fraction of sp³-hybridized carbons (Fsp3) is 0.375. The molecule has 0 bridgehead atoms. The lowest BCUT2D eigenvalue weighted by atomic mass is 9.93. The van der Waals surface area contributed by atoms with Crippen molar-refractivity contribution in [2.45, 2.75) is 32.7 Å². The third-order valence-corrected chi connectivity index (χ3v) is 4.12. The SMILES string of the molecule is CN(Cc1nc(C(C)(C)C)cs1)c1cccc(C(=N)N)c1. The molecule has 0 amide bonds. The number of amidine groups is 1. The molecule has 0 unspecified atom stereocenters. The van der Waals surface area contributed by atoms with Crippen molar-refractivity contribution in [3.05, 3.63) is 45.9 Å². The predicted octanol–water partition coefficient (Wildman–Crippen LogP) is 3.36. The second kappa shape index (κ2) is 5.85. The number of nitrogen functional groups attached to an aromatic ring is 1. The number of hydrogen-bond donors (Lipinski definition) is 2. The van der Waals surface area contributed by atoms with Gasteiger partial charge in [-0.1, -0.05) is 32.9 Å².